The first-order chi connectivity index (χ1) is 12.6. The van der Waals surface area contributed by atoms with Crippen LogP contribution in [0, 0.1) is 11.8 Å². The molecule has 4 nitrogen and oxygen atoms in total. The number of piperidine rings is 1. The molecule has 26 heavy (non-hydrogen) atoms. The quantitative estimate of drug-likeness (QED) is 0.830. The fourth-order valence-electron chi connectivity index (χ4n) is 6.66. The molecule has 0 radical (unpaired) electrons. The lowest BCUT2D eigenvalue weighted by Crippen LogP contribution is -2.67. The van der Waals surface area contributed by atoms with Gasteiger partial charge in [0.05, 0.1) is 7.11 Å². The fourth-order valence-corrected chi connectivity index (χ4v) is 6.66. The predicted molar refractivity (Wildman–Crippen MR) is 100.0 cm³/mol. The monoisotopic (exact) mass is 355 g/mol. The lowest BCUT2D eigenvalue weighted by Gasteiger charge is -2.59. The van der Waals surface area contributed by atoms with E-state index in [0.717, 1.165) is 30.9 Å². The van der Waals surface area contributed by atoms with Crippen LogP contribution in [0.3, 0.4) is 0 Å². The molecule has 0 N–H and O–H groups in total. The van der Waals surface area contributed by atoms with Gasteiger partial charge in [-0.1, -0.05) is 25.8 Å². The summed E-state index contributed by atoms with van der Waals surface area (Å²) in [5.74, 6) is 2.99. The molecule has 4 heteroatoms. The van der Waals surface area contributed by atoms with Gasteiger partial charge >= 0.3 is 0 Å². The van der Waals surface area contributed by atoms with Gasteiger partial charge in [0.25, 0.3) is 0 Å². The number of benzene rings is 1. The van der Waals surface area contributed by atoms with Crippen LogP contribution in [-0.2, 0) is 16.6 Å². The van der Waals surface area contributed by atoms with Gasteiger partial charge in [-0.05, 0) is 56.3 Å². The maximum absolute atomic E-state index is 13.2. The van der Waals surface area contributed by atoms with Crippen molar-refractivity contribution in [1.29, 1.82) is 0 Å². The van der Waals surface area contributed by atoms with E-state index in [1.165, 1.54) is 30.4 Å². The minimum atomic E-state index is -0.299. The molecule has 0 aromatic heterocycles. The zero-order valence-electron chi connectivity index (χ0n) is 16.1. The van der Waals surface area contributed by atoms with E-state index in [0.29, 0.717) is 30.1 Å². The number of unbranched alkanes of at least 4 members (excludes halogenated alkanes) is 1. The lowest BCUT2D eigenvalue weighted by molar-refractivity contribution is -0.144. The van der Waals surface area contributed by atoms with Crippen molar-refractivity contribution in [3.8, 4) is 11.5 Å². The number of hydrogen-bond acceptors (Lipinski definition) is 4. The normalized spacial score (nSPS) is 37.3. The smallest absolute Gasteiger partial charge is 0.174 e. The summed E-state index contributed by atoms with van der Waals surface area (Å²) in [6, 6.07) is 4.77. The molecule has 1 aromatic carbocycles. The Kier molecular flexibility index (Phi) is 3.66. The highest BCUT2D eigenvalue weighted by atomic mass is 16.5. The Labute approximate surface area is 155 Å². The summed E-state index contributed by atoms with van der Waals surface area (Å²) in [4.78, 5) is 15.7. The zero-order chi connectivity index (χ0) is 18.1. The number of ether oxygens (including phenoxy) is 2. The van der Waals surface area contributed by atoms with Crippen molar-refractivity contribution in [2.45, 2.75) is 63.0 Å². The van der Waals surface area contributed by atoms with Gasteiger partial charge in [0.1, 0.15) is 0 Å². The highest BCUT2D eigenvalue weighted by molar-refractivity contribution is 5.89. The number of ketones is 1. The van der Waals surface area contributed by atoms with Crippen LogP contribution >= 0.6 is 0 Å². The number of likely N-dealkylation sites (N-methyl/N-ethyl adjacent to an activating group) is 1. The second-order valence-corrected chi connectivity index (χ2v) is 8.77. The fraction of sp³-hybridized carbons (Fsp3) is 0.682. The molecule has 4 aliphatic rings. The first-order valence-electron chi connectivity index (χ1n) is 10.2. The maximum Gasteiger partial charge on any atom is 0.174 e. The molecular weight excluding hydrogens is 326 g/mol. The molecule has 1 spiro atoms. The Bertz CT molecular complexity index is 760. The molecule has 140 valence electrons. The van der Waals surface area contributed by atoms with E-state index >= 15 is 0 Å². The minimum Gasteiger partial charge on any atom is -0.493 e. The third-order valence-electron chi connectivity index (χ3n) is 7.67. The number of rotatable bonds is 4. The molecule has 0 amide bonds. The summed E-state index contributed by atoms with van der Waals surface area (Å²) in [7, 11) is 3.97. The van der Waals surface area contributed by atoms with Crippen LogP contribution in [0.2, 0.25) is 0 Å². The van der Waals surface area contributed by atoms with Crippen molar-refractivity contribution in [1.82, 2.24) is 4.90 Å². The summed E-state index contributed by atoms with van der Waals surface area (Å²) in [5.41, 5.74) is 2.58. The number of nitrogens with zero attached hydrogens (tertiary/aromatic N) is 1. The summed E-state index contributed by atoms with van der Waals surface area (Å²) < 4.78 is 12.0. The molecule has 1 aromatic rings. The van der Waals surface area contributed by atoms with Crippen molar-refractivity contribution in [3.05, 3.63) is 23.3 Å². The van der Waals surface area contributed by atoms with Crippen molar-refractivity contribution < 1.29 is 14.3 Å². The summed E-state index contributed by atoms with van der Waals surface area (Å²) >= 11 is 0. The second-order valence-electron chi connectivity index (χ2n) is 8.77. The van der Waals surface area contributed by atoms with E-state index in [-0.39, 0.29) is 11.5 Å². The Morgan fingerprint density at radius 1 is 1.35 bits per heavy atom. The summed E-state index contributed by atoms with van der Waals surface area (Å²) in [6.07, 6.45) is 6.06. The highest BCUT2D eigenvalue weighted by Gasteiger charge is 2.67. The number of carbonyl (C=O) groups is 1. The third kappa shape index (κ3) is 1.91. The SMILES string of the molecule is CCCC[C@H]1CC(=O)C2Oc3c(OC)ccc4c3C23CCN(C)C(C4)C13. The third-order valence-corrected chi connectivity index (χ3v) is 7.67. The molecular formula is C22H29NO3. The van der Waals surface area contributed by atoms with Gasteiger partial charge in [0.15, 0.2) is 23.4 Å². The van der Waals surface area contributed by atoms with E-state index in [2.05, 4.69) is 24.9 Å². The van der Waals surface area contributed by atoms with Gasteiger partial charge in [-0.3, -0.25) is 4.79 Å². The van der Waals surface area contributed by atoms with Crippen molar-refractivity contribution >= 4 is 5.78 Å². The van der Waals surface area contributed by atoms with E-state index < -0.39 is 0 Å². The Morgan fingerprint density at radius 3 is 2.96 bits per heavy atom. The van der Waals surface area contributed by atoms with E-state index in [1.54, 1.807) is 7.11 Å². The maximum atomic E-state index is 13.2. The first-order valence-corrected chi connectivity index (χ1v) is 10.2. The van der Waals surface area contributed by atoms with Gasteiger partial charge in [-0.25, -0.2) is 0 Å². The summed E-state index contributed by atoms with van der Waals surface area (Å²) in [6.45, 7) is 3.29. The average Bonchev–Trinajstić information content (AvgIpc) is 2.99. The van der Waals surface area contributed by atoms with Gasteiger partial charge in [-0.2, -0.15) is 0 Å². The Hall–Kier alpha value is -1.55. The molecule has 2 aliphatic carbocycles. The average molecular weight is 355 g/mol. The zero-order valence-corrected chi connectivity index (χ0v) is 16.1. The van der Waals surface area contributed by atoms with Crippen LogP contribution in [0.25, 0.3) is 0 Å². The molecule has 1 saturated carbocycles. The van der Waals surface area contributed by atoms with E-state index in [9.17, 15) is 4.79 Å². The van der Waals surface area contributed by atoms with E-state index in [1.807, 2.05) is 6.07 Å². The van der Waals surface area contributed by atoms with Crippen LogP contribution < -0.4 is 9.47 Å². The largest absolute Gasteiger partial charge is 0.493 e. The summed E-state index contributed by atoms with van der Waals surface area (Å²) in [5, 5.41) is 0. The van der Waals surface area contributed by atoms with Crippen LogP contribution in [0.15, 0.2) is 12.1 Å². The second kappa shape index (κ2) is 5.72. The first kappa shape index (κ1) is 16.6. The topological polar surface area (TPSA) is 38.8 Å². The lowest BCUT2D eigenvalue weighted by atomic mass is 9.48. The van der Waals surface area contributed by atoms with Gasteiger partial charge in [0.2, 0.25) is 0 Å². The van der Waals surface area contributed by atoms with Crippen molar-refractivity contribution in [2.24, 2.45) is 11.8 Å². The van der Waals surface area contributed by atoms with Gasteiger partial charge in [0, 0.05) is 23.4 Å². The van der Waals surface area contributed by atoms with Crippen LogP contribution in [0.1, 0.15) is 50.2 Å². The number of Topliss-reactive ketones (excluding diaryl/α,β-unsaturated/α-hetero) is 1. The number of likely N-dealkylation sites (tertiary alicyclic amines) is 1. The molecule has 1 saturated heterocycles. The minimum absolute atomic E-state index is 0.123. The molecule has 2 fully saturated rings. The molecule has 2 aliphatic heterocycles. The van der Waals surface area contributed by atoms with Crippen molar-refractivity contribution in [3.63, 3.8) is 0 Å². The molecule has 5 atom stereocenters. The number of hydrogen-bond donors (Lipinski definition) is 0. The van der Waals surface area contributed by atoms with Crippen LogP contribution in [-0.4, -0.2) is 43.5 Å². The van der Waals surface area contributed by atoms with Gasteiger partial charge < -0.3 is 14.4 Å². The molecule has 2 bridgehead atoms. The molecule has 4 unspecified atom stereocenters. The standard InChI is InChI=1S/C22H29NO3/c1-4-5-6-13-12-16(24)21-22-9-10-23(2)15(18(13)22)11-14-7-8-17(25-3)20(26-21)19(14)22/h7-8,13,15,18,21H,4-6,9-12H2,1-3H3/t13-,15?,18?,21?,22?/m0/s1. The Balaban J connectivity index is 1.72. The predicted octanol–water partition coefficient (Wildman–Crippen LogP) is 3.35. The highest BCUT2D eigenvalue weighted by Crippen LogP contribution is 2.64. The van der Waals surface area contributed by atoms with Crippen LogP contribution in [0.4, 0.5) is 0 Å². The molecule has 2 heterocycles. The van der Waals surface area contributed by atoms with Gasteiger partial charge in [-0.15, -0.1) is 0 Å². The number of carbonyl (C=O) groups excluding carboxylic acids is 1. The van der Waals surface area contributed by atoms with E-state index in [4.69, 9.17) is 9.47 Å². The Morgan fingerprint density at radius 2 is 2.19 bits per heavy atom. The molecule has 5 rings (SSSR count). The van der Waals surface area contributed by atoms with Crippen molar-refractivity contribution in [2.75, 3.05) is 20.7 Å². The van der Waals surface area contributed by atoms with Crippen LogP contribution in [0.5, 0.6) is 11.5 Å². The number of methoxy groups -OCH3 is 1.